The number of rotatable bonds is 6. The monoisotopic (exact) mass is 410 g/mol. The van der Waals surface area contributed by atoms with Crippen molar-refractivity contribution in [2.75, 3.05) is 24.5 Å². The van der Waals surface area contributed by atoms with Crippen LogP contribution in [0.4, 0.5) is 14.9 Å². The van der Waals surface area contributed by atoms with E-state index in [1.165, 1.54) is 6.07 Å². The molecular formula is C23H27FN4O2. The van der Waals surface area contributed by atoms with Crippen LogP contribution in [0.15, 0.2) is 48.7 Å². The summed E-state index contributed by atoms with van der Waals surface area (Å²) >= 11 is 0. The van der Waals surface area contributed by atoms with Crippen LogP contribution < -0.4 is 4.90 Å². The summed E-state index contributed by atoms with van der Waals surface area (Å²) in [6.45, 7) is 7.26. The third-order valence-electron chi connectivity index (χ3n) is 5.44. The molecule has 6 nitrogen and oxygen atoms in total. The van der Waals surface area contributed by atoms with E-state index in [4.69, 9.17) is 0 Å². The number of β-amino-alcohol motifs (C(OH)–C–C–N with tert-alkyl or cyclic N) is 1. The van der Waals surface area contributed by atoms with Gasteiger partial charge in [0.25, 0.3) is 0 Å². The molecule has 158 valence electrons. The molecule has 2 aromatic carbocycles. The van der Waals surface area contributed by atoms with Crippen LogP contribution >= 0.6 is 0 Å². The first kappa shape index (κ1) is 20.3. The number of aliphatic hydroxyl groups is 1. The van der Waals surface area contributed by atoms with E-state index in [1.807, 2.05) is 18.2 Å². The van der Waals surface area contributed by atoms with Crippen LogP contribution in [-0.4, -0.2) is 51.1 Å². The molecule has 1 saturated heterocycles. The Morgan fingerprint density at radius 1 is 1.13 bits per heavy atom. The maximum absolute atomic E-state index is 14.3. The molecule has 0 radical (unpaired) electrons. The summed E-state index contributed by atoms with van der Waals surface area (Å²) in [5, 5.41) is 15.8. The van der Waals surface area contributed by atoms with Gasteiger partial charge in [-0.15, -0.1) is 0 Å². The molecule has 0 aliphatic carbocycles. The molecule has 1 aliphatic rings. The van der Waals surface area contributed by atoms with Gasteiger partial charge in [-0.05, 0) is 43.5 Å². The molecular weight excluding hydrogens is 383 g/mol. The van der Waals surface area contributed by atoms with Crippen LogP contribution in [0.2, 0.25) is 0 Å². The summed E-state index contributed by atoms with van der Waals surface area (Å²) in [5.41, 5.74) is 0.909. The summed E-state index contributed by atoms with van der Waals surface area (Å²) in [7, 11) is 0. The van der Waals surface area contributed by atoms with Gasteiger partial charge in [-0.2, -0.15) is 5.10 Å². The number of benzene rings is 2. The Balaban J connectivity index is 1.63. The van der Waals surface area contributed by atoms with Gasteiger partial charge in [0.05, 0.1) is 29.5 Å². The number of urea groups is 1. The number of carbonyl (C=O) groups is 1. The highest BCUT2D eigenvalue weighted by atomic mass is 19.1. The second-order valence-corrected chi connectivity index (χ2v) is 8.67. The molecule has 1 fully saturated rings. The Kier molecular flexibility index (Phi) is 5.24. The van der Waals surface area contributed by atoms with Crippen LogP contribution in [0.25, 0.3) is 16.6 Å². The van der Waals surface area contributed by atoms with Crippen molar-refractivity contribution >= 4 is 22.6 Å². The summed E-state index contributed by atoms with van der Waals surface area (Å²) in [5.74, 6) is -0.0181. The first-order chi connectivity index (χ1) is 14.3. The van der Waals surface area contributed by atoms with E-state index >= 15 is 0 Å². The minimum atomic E-state index is -0.929. The molecule has 2 heterocycles. The highest BCUT2D eigenvalue weighted by Crippen LogP contribution is 2.32. The topological polar surface area (TPSA) is 61.6 Å². The van der Waals surface area contributed by atoms with Gasteiger partial charge in [0.15, 0.2) is 0 Å². The summed E-state index contributed by atoms with van der Waals surface area (Å²) in [6.07, 6.45) is 2.30. The van der Waals surface area contributed by atoms with Crippen molar-refractivity contribution in [1.82, 2.24) is 14.7 Å². The molecule has 0 unspecified atom stereocenters. The average molecular weight is 410 g/mol. The summed E-state index contributed by atoms with van der Waals surface area (Å²) < 4.78 is 15.8. The number of halogens is 1. The van der Waals surface area contributed by atoms with Gasteiger partial charge in [-0.25, -0.2) is 13.9 Å². The number of anilines is 1. The van der Waals surface area contributed by atoms with Crippen molar-refractivity contribution in [1.29, 1.82) is 0 Å². The van der Waals surface area contributed by atoms with Gasteiger partial charge in [-0.3, -0.25) is 4.90 Å². The SMILES string of the molecule is CC(C)C[C@@](C)(O)CN1CCN(c2cccc3c2cnn3-c2ccccc2F)C1=O. The van der Waals surface area contributed by atoms with Crippen LogP contribution in [0.1, 0.15) is 27.2 Å². The molecule has 1 aromatic heterocycles. The van der Waals surface area contributed by atoms with Crippen LogP contribution in [0, 0.1) is 11.7 Å². The van der Waals surface area contributed by atoms with Crippen molar-refractivity contribution in [2.24, 2.45) is 5.92 Å². The number of fused-ring (bicyclic) bond motifs is 1. The summed E-state index contributed by atoms with van der Waals surface area (Å²) in [4.78, 5) is 16.5. The lowest BCUT2D eigenvalue weighted by Crippen LogP contribution is -2.43. The standard InChI is InChI=1S/C23H27FN4O2/c1-16(2)13-23(3,30)15-26-11-12-27(22(26)29)19-9-6-10-20-17(19)14-25-28(20)21-8-5-4-7-18(21)24/h4-10,14,16,30H,11-13,15H2,1-3H3/t23-/m1/s1. The van der Waals surface area contributed by atoms with Crippen LogP contribution in [0.3, 0.4) is 0 Å². The number of carbonyl (C=O) groups excluding carboxylic acids is 1. The molecule has 1 aliphatic heterocycles. The lowest BCUT2D eigenvalue weighted by atomic mass is 9.94. The van der Waals surface area contributed by atoms with E-state index in [1.54, 1.807) is 45.8 Å². The minimum Gasteiger partial charge on any atom is -0.388 e. The second kappa shape index (κ2) is 7.72. The third kappa shape index (κ3) is 3.77. The zero-order valence-electron chi connectivity index (χ0n) is 17.5. The van der Waals surface area contributed by atoms with Gasteiger partial charge in [0, 0.05) is 18.5 Å². The highest BCUT2D eigenvalue weighted by Gasteiger charge is 2.35. The Bertz CT molecular complexity index is 1080. The van der Waals surface area contributed by atoms with Gasteiger partial charge in [0.2, 0.25) is 0 Å². The maximum atomic E-state index is 14.3. The Hall–Kier alpha value is -2.93. The van der Waals surface area contributed by atoms with Crippen molar-refractivity contribution in [3.8, 4) is 5.69 Å². The Labute approximate surface area is 175 Å². The number of hydrogen-bond acceptors (Lipinski definition) is 3. The number of aromatic nitrogens is 2. The van der Waals surface area contributed by atoms with E-state index in [9.17, 15) is 14.3 Å². The first-order valence-electron chi connectivity index (χ1n) is 10.3. The molecule has 2 amide bonds. The van der Waals surface area contributed by atoms with Crippen molar-refractivity contribution in [3.05, 3.63) is 54.5 Å². The normalized spacial score (nSPS) is 16.7. The number of amides is 2. The van der Waals surface area contributed by atoms with Gasteiger partial charge >= 0.3 is 6.03 Å². The zero-order chi connectivity index (χ0) is 21.5. The van der Waals surface area contributed by atoms with Crippen molar-refractivity contribution in [2.45, 2.75) is 32.8 Å². The van der Waals surface area contributed by atoms with E-state index in [2.05, 4.69) is 18.9 Å². The zero-order valence-corrected chi connectivity index (χ0v) is 17.5. The lowest BCUT2D eigenvalue weighted by molar-refractivity contribution is 0.0164. The smallest absolute Gasteiger partial charge is 0.324 e. The van der Waals surface area contributed by atoms with Crippen LogP contribution in [0.5, 0.6) is 0 Å². The van der Waals surface area contributed by atoms with E-state index in [0.717, 1.165) is 16.6 Å². The van der Waals surface area contributed by atoms with Crippen LogP contribution in [-0.2, 0) is 0 Å². The first-order valence-corrected chi connectivity index (χ1v) is 10.3. The fraction of sp³-hybridized carbons (Fsp3) is 0.391. The maximum Gasteiger partial charge on any atom is 0.324 e. The van der Waals surface area contributed by atoms with Crippen molar-refractivity contribution < 1.29 is 14.3 Å². The molecule has 4 rings (SSSR count). The average Bonchev–Trinajstić information content (AvgIpc) is 3.25. The van der Waals surface area contributed by atoms with Gasteiger partial charge < -0.3 is 10.0 Å². The molecule has 0 spiro atoms. The quantitative estimate of drug-likeness (QED) is 0.662. The van der Waals surface area contributed by atoms with Crippen molar-refractivity contribution in [3.63, 3.8) is 0 Å². The second-order valence-electron chi connectivity index (χ2n) is 8.67. The molecule has 0 bridgehead atoms. The molecule has 0 saturated carbocycles. The Morgan fingerprint density at radius 2 is 1.87 bits per heavy atom. The fourth-order valence-electron chi connectivity index (χ4n) is 4.39. The van der Waals surface area contributed by atoms with E-state index in [-0.39, 0.29) is 11.8 Å². The van der Waals surface area contributed by atoms with Gasteiger partial charge in [0.1, 0.15) is 11.5 Å². The van der Waals surface area contributed by atoms with E-state index < -0.39 is 5.60 Å². The Morgan fingerprint density at radius 3 is 2.60 bits per heavy atom. The molecule has 30 heavy (non-hydrogen) atoms. The summed E-state index contributed by atoms with van der Waals surface area (Å²) in [6, 6.07) is 11.9. The predicted molar refractivity (Wildman–Crippen MR) is 115 cm³/mol. The highest BCUT2D eigenvalue weighted by molar-refractivity contribution is 6.03. The number of nitrogens with zero attached hydrogens (tertiary/aromatic N) is 4. The predicted octanol–water partition coefficient (Wildman–Crippen LogP) is 4.20. The van der Waals surface area contributed by atoms with Gasteiger partial charge in [-0.1, -0.05) is 32.0 Å². The minimum absolute atomic E-state index is 0.134. The molecule has 1 atom stereocenters. The van der Waals surface area contributed by atoms with E-state index in [0.29, 0.717) is 37.7 Å². The molecule has 3 aromatic rings. The lowest BCUT2D eigenvalue weighted by Gasteiger charge is -2.30. The fourth-order valence-corrected chi connectivity index (χ4v) is 4.39. The number of hydrogen-bond donors (Lipinski definition) is 1. The number of para-hydroxylation sites is 1. The molecule has 7 heteroatoms. The molecule has 1 N–H and O–H groups in total. The largest absolute Gasteiger partial charge is 0.388 e. The third-order valence-corrected chi connectivity index (χ3v) is 5.44.